The van der Waals surface area contributed by atoms with Crippen molar-refractivity contribution in [1.29, 1.82) is 0 Å². The number of likely N-dealkylation sites (N-methyl/N-ethyl adjacent to an activating group) is 1. The van der Waals surface area contributed by atoms with Crippen LogP contribution >= 0.6 is 0 Å². The summed E-state index contributed by atoms with van der Waals surface area (Å²) in [7, 11) is 1.83. The van der Waals surface area contributed by atoms with Crippen LogP contribution in [0.5, 0.6) is 0 Å². The smallest absolute Gasteiger partial charge is 0.320 e. The van der Waals surface area contributed by atoms with E-state index in [2.05, 4.69) is 46.6 Å². The van der Waals surface area contributed by atoms with Crippen molar-refractivity contribution in [2.75, 3.05) is 20.1 Å². The number of fused-ring (bicyclic) bond motifs is 1. The average molecular weight is 453 g/mol. The van der Waals surface area contributed by atoms with Gasteiger partial charge in [-0.1, -0.05) is 18.2 Å². The molecule has 0 unspecified atom stereocenters. The van der Waals surface area contributed by atoms with Gasteiger partial charge in [-0.3, -0.25) is 9.97 Å². The highest BCUT2D eigenvalue weighted by Crippen LogP contribution is 2.31. The number of imidazole rings is 1. The van der Waals surface area contributed by atoms with Gasteiger partial charge in [0.1, 0.15) is 5.82 Å². The van der Waals surface area contributed by atoms with Gasteiger partial charge in [0.25, 0.3) is 0 Å². The number of benzene rings is 1. The van der Waals surface area contributed by atoms with Crippen LogP contribution in [0, 0.1) is 6.92 Å². The van der Waals surface area contributed by atoms with Gasteiger partial charge in [-0.05, 0) is 60.9 Å². The van der Waals surface area contributed by atoms with Crippen LogP contribution < -0.4 is 0 Å². The molecule has 0 radical (unpaired) electrons. The molecule has 1 saturated heterocycles. The van der Waals surface area contributed by atoms with Gasteiger partial charge in [-0.25, -0.2) is 9.78 Å². The molecule has 4 aromatic rings. The number of carbonyl (C=O) groups is 1. The number of aryl methyl sites for hydroxylation is 2. The van der Waals surface area contributed by atoms with E-state index in [-0.39, 0.29) is 6.03 Å². The molecule has 3 aromatic heterocycles. The third-order valence-corrected chi connectivity index (χ3v) is 6.36. The van der Waals surface area contributed by atoms with E-state index in [4.69, 9.17) is 4.98 Å². The Morgan fingerprint density at radius 1 is 1.03 bits per heavy atom. The molecule has 1 aliphatic rings. The first kappa shape index (κ1) is 21.8. The minimum absolute atomic E-state index is 0.0607. The molecule has 0 N–H and O–H groups in total. The molecule has 1 aromatic carbocycles. The largest absolute Gasteiger partial charge is 0.326 e. The van der Waals surface area contributed by atoms with Gasteiger partial charge in [-0.15, -0.1) is 0 Å². The number of hydrogen-bond acceptors (Lipinski definition) is 4. The second-order valence-corrected chi connectivity index (χ2v) is 8.62. The van der Waals surface area contributed by atoms with E-state index in [0.29, 0.717) is 6.54 Å². The van der Waals surface area contributed by atoms with Gasteiger partial charge in [0, 0.05) is 50.8 Å². The SMILES string of the molecule is CCn1c(/C=C/c2ccc(CN3CCN(C)C3=O)nc2)nc2c(-c3ccncc3C)cccc21. The molecular formula is C27H28N6O. The maximum Gasteiger partial charge on any atom is 0.320 e. The number of para-hydroxylation sites is 1. The minimum Gasteiger partial charge on any atom is -0.326 e. The van der Waals surface area contributed by atoms with Gasteiger partial charge in [-0.2, -0.15) is 0 Å². The van der Waals surface area contributed by atoms with Crippen LogP contribution in [0.15, 0.2) is 55.0 Å². The Hall–Kier alpha value is -4.00. The van der Waals surface area contributed by atoms with Gasteiger partial charge in [0.2, 0.25) is 0 Å². The highest BCUT2D eigenvalue weighted by molar-refractivity contribution is 5.94. The Morgan fingerprint density at radius 2 is 1.91 bits per heavy atom. The molecule has 0 spiro atoms. The molecule has 7 heteroatoms. The maximum atomic E-state index is 12.1. The van der Waals surface area contributed by atoms with E-state index < -0.39 is 0 Å². The molecule has 4 heterocycles. The molecule has 1 aliphatic heterocycles. The first-order chi connectivity index (χ1) is 16.5. The molecule has 0 bridgehead atoms. The number of carbonyl (C=O) groups excluding carboxylic acids is 1. The highest BCUT2D eigenvalue weighted by atomic mass is 16.2. The van der Waals surface area contributed by atoms with Crippen molar-refractivity contribution in [2.45, 2.75) is 26.9 Å². The number of pyridine rings is 2. The molecule has 172 valence electrons. The van der Waals surface area contributed by atoms with Crippen molar-refractivity contribution >= 4 is 29.2 Å². The number of rotatable bonds is 6. The summed E-state index contributed by atoms with van der Waals surface area (Å²) in [6.07, 6.45) is 9.65. The van der Waals surface area contributed by atoms with E-state index in [1.165, 1.54) is 0 Å². The summed E-state index contributed by atoms with van der Waals surface area (Å²) in [6, 6.07) is 12.5. The Kier molecular flexibility index (Phi) is 5.84. The van der Waals surface area contributed by atoms with E-state index >= 15 is 0 Å². The van der Waals surface area contributed by atoms with Crippen LogP contribution in [0.4, 0.5) is 4.79 Å². The molecule has 2 amide bonds. The quantitative estimate of drug-likeness (QED) is 0.419. The normalized spacial score (nSPS) is 14.1. The molecule has 5 rings (SSSR count). The van der Waals surface area contributed by atoms with E-state index in [9.17, 15) is 4.79 Å². The summed E-state index contributed by atoms with van der Waals surface area (Å²) in [5, 5.41) is 0. The van der Waals surface area contributed by atoms with Crippen molar-refractivity contribution in [3.8, 4) is 11.1 Å². The van der Waals surface area contributed by atoms with E-state index in [1.807, 2.05) is 60.9 Å². The lowest BCUT2D eigenvalue weighted by Crippen LogP contribution is -2.29. The Balaban J connectivity index is 1.41. The Morgan fingerprint density at radius 3 is 2.62 bits per heavy atom. The monoisotopic (exact) mass is 452 g/mol. The lowest BCUT2D eigenvalue weighted by atomic mass is 10.0. The summed E-state index contributed by atoms with van der Waals surface area (Å²) in [4.78, 5) is 29.5. The topological polar surface area (TPSA) is 67.2 Å². The standard InChI is InChI=1S/C27H28N6O/c1-4-33-24-7-5-6-23(22-12-13-28-16-19(22)2)26(24)30-25(33)11-9-20-8-10-21(29-17-20)18-32-15-14-31(3)27(32)34/h5-13,16-17H,4,14-15,18H2,1-3H3/b11-9+. The zero-order valence-electron chi connectivity index (χ0n) is 19.8. The van der Waals surface area contributed by atoms with E-state index in [0.717, 1.165) is 64.4 Å². The average Bonchev–Trinajstić information content (AvgIpc) is 3.38. The first-order valence-electron chi connectivity index (χ1n) is 11.6. The second-order valence-electron chi connectivity index (χ2n) is 8.62. The van der Waals surface area contributed by atoms with E-state index in [1.54, 1.807) is 4.90 Å². The zero-order valence-corrected chi connectivity index (χ0v) is 19.8. The van der Waals surface area contributed by atoms with Crippen molar-refractivity contribution < 1.29 is 4.79 Å². The maximum absolute atomic E-state index is 12.1. The third-order valence-electron chi connectivity index (χ3n) is 6.36. The van der Waals surface area contributed by atoms with Gasteiger partial charge < -0.3 is 14.4 Å². The summed E-state index contributed by atoms with van der Waals surface area (Å²) in [5.74, 6) is 0.909. The first-order valence-corrected chi connectivity index (χ1v) is 11.6. The molecule has 0 aliphatic carbocycles. The summed E-state index contributed by atoms with van der Waals surface area (Å²) >= 11 is 0. The fourth-order valence-electron chi connectivity index (χ4n) is 4.46. The van der Waals surface area contributed by atoms with Crippen LogP contribution in [0.1, 0.15) is 29.6 Å². The van der Waals surface area contributed by atoms with Crippen LogP contribution in [-0.4, -0.2) is 55.5 Å². The molecule has 34 heavy (non-hydrogen) atoms. The van der Waals surface area contributed by atoms with Gasteiger partial charge >= 0.3 is 6.03 Å². The predicted molar refractivity (Wildman–Crippen MR) is 135 cm³/mol. The second kappa shape index (κ2) is 9.09. The van der Waals surface area contributed by atoms with Crippen molar-refractivity contribution in [3.05, 3.63) is 77.6 Å². The lowest BCUT2D eigenvalue weighted by Gasteiger charge is -2.15. The van der Waals surface area contributed by atoms with Gasteiger partial charge in [0.15, 0.2) is 0 Å². The van der Waals surface area contributed by atoms with Crippen molar-refractivity contribution in [2.24, 2.45) is 0 Å². The van der Waals surface area contributed by atoms with Gasteiger partial charge in [0.05, 0.1) is 23.3 Å². The number of aromatic nitrogens is 4. The number of hydrogen-bond donors (Lipinski definition) is 0. The summed E-state index contributed by atoms with van der Waals surface area (Å²) in [6.45, 7) is 7.08. The Labute approximate surface area is 199 Å². The lowest BCUT2D eigenvalue weighted by molar-refractivity contribution is 0.196. The van der Waals surface area contributed by atoms with Crippen molar-refractivity contribution in [3.63, 3.8) is 0 Å². The number of nitrogens with zero attached hydrogens (tertiary/aromatic N) is 6. The minimum atomic E-state index is 0.0607. The summed E-state index contributed by atoms with van der Waals surface area (Å²) in [5.41, 5.74) is 7.39. The predicted octanol–water partition coefficient (Wildman–Crippen LogP) is 4.86. The third kappa shape index (κ3) is 4.05. The van der Waals surface area contributed by atoms with Crippen molar-refractivity contribution in [1.82, 2.24) is 29.3 Å². The molecule has 0 atom stereocenters. The van der Waals surface area contributed by atoms with Crippen LogP contribution in [-0.2, 0) is 13.1 Å². The number of urea groups is 1. The molecular weight excluding hydrogens is 424 g/mol. The number of amides is 2. The molecule has 7 nitrogen and oxygen atoms in total. The molecule has 0 saturated carbocycles. The Bertz CT molecular complexity index is 1370. The fraction of sp³-hybridized carbons (Fsp3) is 0.259. The van der Waals surface area contributed by atoms with Crippen LogP contribution in [0.2, 0.25) is 0 Å². The van der Waals surface area contributed by atoms with Crippen LogP contribution in [0.25, 0.3) is 34.3 Å². The summed E-state index contributed by atoms with van der Waals surface area (Å²) < 4.78 is 2.23. The highest BCUT2D eigenvalue weighted by Gasteiger charge is 2.25. The fourth-order valence-corrected chi connectivity index (χ4v) is 4.46. The molecule has 1 fully saturated rings. The van der Waals surface area contributed by atoms with Crippen LogP contribution in [0.3, 0.4) is 0 Å². The zero-order chi connectivity index (χ0) is 23.7.